The normalized spacial score (nSPS) is 20.0. The zero-order chi connectivity index (χ0) is 17.9. The van der Waals surface area contributed by atoms with Gasteiger partial charge in [-0.3, -0.25) is 4.79 Å². The number of anilines is 1. The number of hydrogen-bond donors (Lipinski definition) is 1. The van der Waals surface area contributed by atoms with Gasteiger partial charge in [0.05, 0.1) is 11.5 Å². The van der Waals surface area contributed by atoms with Gasteiger partial charge in [-0.05, 0) is 63.4 Å². The van der Waals surface area contributed by atoms with Gasteiger partial charge >= 0.3 is 0 Å². The van der Waals surface area contributed by atoms with Crippen LogP contribution in [0.25, 0.3) is 10.6 Å². The van der Waals surface area contributed by atoms with Crippen molar-refractivity contribution < 1.29 is 9.53 Å². The minimum Gasteiger partial charge on any atom is -0.494 e. The highest BCUT2D eigenvalue weighted by molar-refractivity contribution is 7.15. The second-order valence-corrected chi connectivity index (χ2v) is 8.18. The van der Waals surface area contributed by atoms with E-state index in [4.69, 9.17) is 4.74 Å². The molecule has 1 unspecified atom stereocenters. The van der Waals surface area contributed by atoms with Crippen molar-refractivity contribution in [2.75, 3.05) is 25.0 Å². The number of carbonyl (C=O) groups excluding carboxylic acids is 1. The van der Waals surface area contributed by atoms with Gasteiger partial charge in [-0.2, -0.15) is 0 Å². The van der Waals surface area contributed by atoms with Gasteiger partial charge in [-0.1, -0.05) is 0 Å². The van der Waals surface area contributed by atoms with E-state index in [-0.39, 0.29) is 5.91 Å². The number of hydrogen-bond acceptors (Lipinski definition) is 5. The molecule has 5 nitrogen and oxygen atoms in total. The maximum absolute atomic E-state index is 11.5. The van der Waals surface area contributed by atoms with Crippen molar-refractivity contribution in [2.24, 2.45) is 0 Å². The van der Waals surface area contributed by atoms with Gasteiger partial charge in [0.25, 0.3) is 0 Å². The SMILES string of the molecule is CC1CCCN1CCCOc1ccc(-c2nc3c(s2)CCC(=O)N3)cc1. The molecular formula is C20H25N3O2S. The smallest absolute Gasteiger partial charge is 0.225 e. The van der Waals surface area contributed by atoms with Crippen LogP contribution in [0, 0.1) is 0 Å². The zero-order valence-corrected chi connectivity index (χ0v) is 16.0. The minimum absolute atomic E-state index is 0.0569. The Bertz CT molecular complexity index is 772. The molecular weight excluding hydrogens is 346 g/mol. The number of carbonyl (C=O) groups is 1. The molecule has 2 aliphatic rings. The summed E-state index contributed by atoms with van der Waals surface area (Å²) in [4.78, 5) is 19.8. The molecule has 0 radical (unpaired) electrons. The Hall–Kier alpha value is -1.92. The summed E-state index contributed by atoms with van der Waals surface area (Å²) in [5.74, 6) is 1.69. The van der Waals surface area contributed by atoms with Crippen molar-refractivity contribution in [3.05, 3.63) is 29.1 Å². The first-order valence-corrected chi connectivity index (χ1v) is 10.3. The standard InChI is InChI=1S/C20H25N3O2S/c1-14-4-2-11-23(14)12-3-13-25-16-7-5-15(6-8-16)20-22-19-17(26-20)9-10-18(24)21-19/h5-8,14H,2-4,9-13H2,1H3,(H,21,24). The molecule has 0 spiro atoms. The van der Waals surface area contributed by atoms with E-state index in [1.54, 1.807) is 11.3 Å². The van der Waals surface area contributed by atoms with Crippen LogP contribution < -0.4 is 10.1 Å². The van der Waals surface area contributed by atoms with E-state index in [0.717, 1.165) is 59.1 Å². The quantitative estimate of drug-likeness (QED) is 0.781. The highest BCUT2D eigenvalue weighted by Gasteiger charge is 2.20. The van der Waals surface area contributed by atoms with Crippen molar-refractivity contribution >= 4 is 23.1 Å². The molecule has 2 aliphatic heterocycles. The number of nitrogens with zero attached hydrogens (tertiary/aromatic N) is 2. The first-order chi connectivity index (χ1) is 12.7. The van der Waals surface area contributed by atoms with E-state index in [1.807, 2.05) is 24.3 Å². The van der Waals surface area contributed by atoms with Gasteiger partial charge in [0.2, 0.25) is 5.91 Å². The van der Waals surface area contributed by atoms with Crippen LogP contribution >= 0.6 is 11.3 Å². The number of aromatic nitrogens is 1. The average molecular weight is 372 g/mol. The first kappa shape index (κ1) is 17.5. The van der Waals surface area contributed by atoms with Gasteiger partial charge in [0.15, 0.2) is 0 Å². The monoisotopic (exact) mass is 371 g/mol. The van der Waals surface area contributed by atoms with Crippen LogP contribution in [0.5, 0.6) is 5.75 Å². The summed E-state index contributed by atoms with van der Waals surface area (Å²) in [5, 5.41) is 3.80. The van der Waals surface area contributed by atoms with Gasteiger partial charge in [-0.25, -0.2) is 4.98 Å². The van der Waals surface area contributed by atoms with E-state index < -0.39 is 0 Å². The van der Waals surface area contributed by atoms with Crippen LogP contribution in [-0.2, 0) is 11.2 Å². The fourth-order valence-corrected chi connectivity index (χ4v) is 4.66. The minimum atomic E-state index is 0.0569. The molecule has 2 aromatic rings. The molecule has 0 bridgehead atoms. The van der Waals surface area contributed by atoms with E-state index in [2.05, 4.69) is 22.1 Å². The molecule has 1 aromatic carbocycles. The van der Waals surface area contributed by atoms with E-state index in [9.17, 15) is 4.79 Å². The van der Waals surface area contributed by atoms with Crippen molar-refractivity contribution in [1.82, 2.24) is 9.88 Å². The maximum atomic E-state index is 11.5. The largest absolute Gasteiger partial charge is 0.494 e. The second-order valence-electron chi connectivity index (χ2n) is 7.09. The predicted molar refractivity (Wildman–Crippen MR) is 105 cm³/mol. The number of aryl methyl sites for hydroxylation is 1. The van der Waals surface area contributed by atoms with Crippen LogP contribution in [0.2, 0.25) is 0 Å². The van der Waals surface area contributed by atoms with Crippen LogP contribution in [0.1, 0.15) is 37.5 Å². The Labute approximate surface area is 158 Å². The number of fused-ring (bicyclic) bond motifs is 1. The summed E-state index contributed by atoms with van der Waals surface area (Å²) >= 11 is 1.66. The van der Waals surface area contributed by atoms with Gasteiger partial charge in [0.1, 0.15) is 16.6 Å². The Morgan fingerprint density at radius 1 is 1.31 bits per heavy atom. The lowest BCUT2D eigenvalue weighted by Crippen LogP contribution is -2.28. The third-order valence-corrected chi connectivity index (χ3v) is 6.35. The summed E-state index contributed by atoms with van der Waals surface area (Å²) in [6, 6.07) is 8.83. The molecule has 1 amide bonds. The highest BCUT2D eigenvalue weighted by atomic mass is 32.1. The van der Waals surface area contributed by atoms with Crippen molar-refractivity contribution in [1.29, 1.82) is 0 Å². The topological polar surface area (TPSA) is 54.5 Å². The third-order valence-electron chi connectivity index (χ3n) is 5.18. The van der Waals surface area contributed by atoms with Crippen LogP contribution in [0.4, 0.5) is 5.82 Å². The molecule has 4 rings (SSSR count). The highest BCUT2D eigenvalue weighted by Crippen LogP contribution is 2.34. The van der Waals surface area contributed by atoms with Gasteiger partial charge in [0, 0.05) is 24.6 Å². The lowest BCUT2D eigenvalue weighted by atomic mass is 10.2. The fraction of sp³-hybridized carbons (Fsp3) is 0.500. The Balaban J connectivity index is 1.30. The maximum Gasteiger partial charge on any atom is 0.225 e. The predicted octanol–water partition coefficient (Wildman–Crippen LogP) is 3.95. The molecule has 1 aromatic heterocycles. The lowest BCUT2D eigenvalue weighted by Gasteiger charge is -2.20. The average Bonchev–Trinajstić information content (AvgIpc) is 3.25. The Morgan fingerprint density at radius 2 is 2.15 bits per heavy atom. The molecule has 0 saturated carbocycles. The Kier molecular flexibility index (Phi) is 5.22. The summed E-state index contributed by atoms with van der Waals surface area (Å²) < 4.78 is 5.89. The molecule has 0 aliphatic carbocycles. The number of nitrogens with one attached hydrogen (secondary N) is 1. The van der Waals surface area contributed by atoms with Crippen molar-refractivity contribution in [2.45, 2.75) is 45.1 Å². The molecule has 1 atom stereocenters. The molecule has 3 heterocycles. The van der Waals surface area contributed by atoms with Gasteiger partial charge in [-0.15, -0.1) is 11.3 Å². The van der Waals surface area contributed by atoms with Crippen molar-refractivity contribution in [3.8, 4) is 16.3 Å². The van der Waals surface area contributed by atoms with E-state index in [1.165, 1.54) is 19.4 Å². The molecule has 138 valence electrons. The molecule has 1 N–H and O–H groups in total. The van der Waals surface area contributed by atoms with E-state index >= 15 is 0 Å². The molecule has 26 heavy (non-hydrogen) atoms. The number of thiazole rings is 1. The van der Waals surface area contributed by atoms with Crippen LogP contribution in [0.15, 0.2) is 24.3 Å². The van der Waals surface area contributed by atoms with Crippen LogP contribution in [0.3, 0.4) is 0 Å². The van der Waals surface area contributed by atoms with Crippen molar-refractivity contribution in [3.63, 3.8) is 0 Å². The number of likely N-dealkylation sites (tertiary alicyclic amines) is 1. The molecule has 1 fully saturated rings. The molecule has 6 heteroatoms. The second kappa shape index (κ2) is 7.76. The summed E-state index contributed by atoms with van der Waals surface area (Å²) in [6.07, 6.45) is 5.05. The fourth-order valence-electron chi connectivity index (χ4n) is 3.64. The number of rotatable bonds is 6. The van der Waals surface area contributed by atoms with Crippen LogP contribution in [-0.4, -0.2) is 41.5 Å². The summed E-state index contributed by atoms with van der Waals surface area (Å²) in [6.45, 7) is 5.42. The zero-order valence-electron chi connectivity index (χ0n) is 15.2. The summed E-state index contributed by atoms with van der Waals surface area (Å²) in [5.41, 5.74) is 1.07. The number of amides is 1. The summed E-state index contributed by atoms with van der Waals surface area (Å²) in [7, 11) is 0. The number of ether oxygens (including phenoxy) is 1. The lowest BCUT2D eigenvalue weighted by molar-refractivity contribution is -0.116. The van der Waals surface area contributed by atoms with Gasteiger partial charge < -0.3 is 15.0 Å². The number of benzene rings is 1. The van der Waals surface area contributed by atoms with E-state index in [0.29, 0.717) is 6.42 Å². The third kappa shape index (κ3) is 3.91. The first-order valence-electron chi connectivity index (χ1n) is 9.46. The molecule has 1 saturated heterocycles. The Morgan fingerprint density at radius 3 is 2.92 bits per heavy atom.